The van der Waals surface area contributed by atoms with Crippen LogP contribution in [0, 0.1) is 0 Å². The number of hydrogen-bond acceptors (Lipinski definition) is 10. The molecule has 0 amide bonds. The van der Waals surface area contributed by atoms with Crippen molar-refractivity contribution in [3.63, 3.8) is 0 Å². The largest absolute Gasteiger partial charge is 0.457 e. The van der Waals surface area contributed by atoms with Gasteiger partial charge in [0.2, 0.25) is 0 Å². The highest BCUT2D eigenvalue weighted by molar-refractivity contribution is 7.99. The Balaban J connectivity index is 0.000000181. The van der Waals surface area contributed by atoms with Crippen molar-refractivity contribution in [1.82, 2.24) is 0 Å². The Morgan fingerprint density at radius 1 is 0.938 bits per heavy atom. The predicted octanol–water partition coefficient (Wildman–Crippen LogP) is 1.88. The maximum absolute atomic E-state index is 11.6. The molecule has 0 aromatic heterocycles. The van der Waals surface area contributed by atoms with E-state index in [1.54, 1.807) is 25.6 Å². The fourth-order valence-electron chi connectivity index (χ4n) is 3.92. The normalized spacial score (nSPS) is 32.8. The first-order valence-corrected chi connectivity index (χ1v) is 11.5. The maximum atomic E-state index is 11.6. The molecular formula is C22H28O9S. The van der Waals surface area contributed by atoms with Gasteiger partial charge in [-0.25, -0.2) is 9.59 Å². The smallest absolute Gasteiger partial charge is 0.333 e. The van der Waals surface area contributed by atoms with Gasteiger partial charge in [-0.3, -0.25) is 9.59 Å². The predicted molar refractivity (Wildman–Crippen MR) is 114 cm³/mol. The average Bonchev–Trinajstić information content (AvgIpc) is 3.22. The highest BCUT2D eigenvalue weighted by Crippen LogP contribution is 2.41. The minimum Gasteiger partial charge on any atom is -0.457 e. The fourth-order valence-corrected chi connectivity index (χ4v) is 5.16. The van der Waals surface area contributed by atoms with Crippen LogP contribution in [0.25, 0.3) is 0 Å². The molecule has 4 heterocycles. The van der Waals surface area contributed by atoms with Crippen LogP contribution in [0.1, 0.15) is 39.5 Å². The molecule has 0 aliphatic carbocycles. The molecule has 4 rings (SSSR count). The molecule has 0 aromatic rings. The first kappa shape index (κ1) is 24.3. The molecule has 176 valence electrons. The summed E-state index contributed by atoms with van der Waals surface area (Å²) in [7, 11) is 0. The van der Waals surface area contributed by atoms with Crippen LogP contribution in [0.5, 0.6) is 0 Å². The van der Waals surface area contributed by atoms with Gasteiger partial charge in [0.05, 0.1) is 26.1 Å². The van der Waals surface area contributed by atoms with E-state index in [2.05, 4.69) is 13.2 Å². The summed E-state index contributed by atoms with van der Waals surface area (Å²) < 4.78 is 26.3. The zero-order valence-electron chi connectivity index (χ0n) is 18.3. The first-order valence-electron chi connectivity index (χ1n) is 10.4. The summed E-state index contributed by atoms with van der Waals surface area (Å²) >= 11 is 1.72. The fraction of sp³-hybridized carbons (Fsp3) is 0.636. The summed E-state index contributed by atoms with van der Waals surface area (Å²) in [6.45, 7) is 11.0. The Labute approximate surface area is 190 Å². The van der Waals surface area contributed by atoms with Gasteiger partial charge < -0.3 is 23.7 Å². The molecule has 0 N–H and O–H groups in total. The number of ether oxygens (including phenoxy) is 5. The molecule has 0 spiro atoms. The minimum atomic E-state index is -0.842. The first-order chi connectivity index (χ1) is 15.1. The SMILES string of the molecule is C=C(C)C(=O)OC12CCOCC1OC(=O)C2.C=C(C)C(=O)OC12CCSCC1OC(=O)C2. The number of thioether (sulfide) groups is 1. The molecule has 4 atom stereocenters. The minimum absolute atomic E-state index is 0.111. The van der Waals surface area contributed by atoms with Gasteiger partial charge in [-0.2, -0.15) is 11.8 Å². The van der Waals surface area contributed by atoms with E-state index >= 15 is 0 Å². The molecular weight excluding hydrogens is 440 g/mol. The van der Waals surface area contributed by atoms with Gasteiger partial charge >= 0.3 is 23.9 Å². The molecule has 4 aliphatic rings. The van der Waals surface area contributed by atoms with Crippen molar-refractivity contribution in [3.05, 3.63) is 24.3 Å². The van der Waals surface area contributed by atoms with Crippen LogP contribution in [0.15, 0.2) is 24.3 Å². The highest BCUT2D eigenvalue weighted by atomic mass is 32.2. The molecule has 4 unspecified atom stereocenters. The Hall–Kier alpha value is -2.33. The molecule has 32 heavy (non-hydrogen) atoms. The van der Waals surface area contributed by atoms with Crippen LogP contribution in [-0.4, -0.2) is 72.0 Å². The molecule has 0 aromatic carbocycles. The van der Waals surface area contributed by atoms with Crippen molar-refractivity contribution in [2.45, 2.75) is 62.9 Å². The number of rotatable bonds is 4. The summed E-state index contributed by atoms with van der Waals surface area (Å²) in [5.41, 5.74) is -0.909. The summed E-state index contributed by atoms with van der Waals surface area (Å²) in [6, 6.07) is 0. The van der Waals surface area contributed by atoms with Crippen molar-refractivity contribution in [3.8, 4) is 0 Å². The van der Waals surface area contributed by atoms with Crippen molar-refractivity contribution in [2.75, 3.05) is 24.7 Å². The number of hydrogen-bond donors (Lipinski definition) is 0. The number of carbonyl (C=O) groups excluding carboxylic acids is 4. The van der Waals surface area contributed by atoms with E-state index in [0.717, 1.165) is 5.75 Å². The van der Waals surface area contributed by atoms with Crippen LogP contribution in [0.3, 0.4) is 0 Å². The Kier molecular flexibility index (Phi) is 7.34. The lowest BCUT2D eigenvalue weighted by Gasteiger charge is -2.35. The monoisotopic (exact) mass is 468 g/mol. The third-order valence-corrected chi connectivity index (χ3v) is 6.81. The van der Waals surface area contributed by atoms with Crippen LogP contribution >= 0.6 is 11.8 Å². The van der Waals surface area contributed by atoms with E-state index < -0.39 is 29.2 Å². The zero-order valence-corrected chi connectivity index (χ0v) is 19.1. The summed E-state index contributed by atoms with van der Waals surface area (Å²) in [5, 5.41) is 0. The maximum Gasteiger partial charge on any atom is 0.333 e. The molecule has 4 aliphatic heterocycles. The van der Waals surface area contributed by atoms with Crippen molar-refractivity contribution in [2.24, 2.45) is 0 Å². The second kappa shape index (κ2) is 9.66. The Bertz CT molecular complexity index is 769. The summed E-state index contributed by atoms with van der Waals surface area (Å²) in [6.07, 6.45) is 0.686. The van der Waals surface area contributed by atoms with E-state index in [0.29, 0.717) is 36.3 Å². The van der Waals surface area contributed by atoms with Crippen LogP contribution in [0.4, 0.5) is 0 Å². The van der Waals surface area contributed by atoms with E-state index in [4.69, 9.17) is 23.7 Å². The van der Waals surface area contributed by atoms with E-state index in [1.165, 1.54) is 0 Å². The van der Waals surface area contributed by atoms with E-state index in [1.807, 2.05) is 0 Å². The Morgan fingerprint density at radius 2 is 1.47 bits per heavy atom. The molecule has 4 saturated heterocycles. The summed E-state index contributed by atoms with van der Waals surface area (Å²) in [5.74, 6) is 0.0543. The van der Waals surface area contributed by atoms with Gasteiger partial charge in [-0.15, -0.1) is 0 Å². The highest BCUT2D eigenvalue weighted by Gasteiger charge is 2.55. The molecule has 0 saturated carbocycles. The lowest BCUT2D eigenvalue weighted by molar-refractivity contribution is -0.180. The lowest BCUT2D eigenvalue weighted by Crippen LogP contribution is -2.49. The lowest BCUT2D eigenvalue weighted by atomic mass is 9.90. The molecule has 9 nitrogen and oxygen atoms in total. The molecule has 10 heteroatoms. The van der Waals surface area contributed by atoms with Crippen molar-refractivity contribution < 1.29 is 42.9 Å². The van der Waals surface area contributed by atoms with Crippen LogP contribution in [0.2, 0.25) is 0 Å². The second-order valence-electron chi connectivity index (χ2n) is 8.43. The van der Waals surface area contributed by atoms with Gasteiger partial charge in [-0.1, -0.05) is 13.2 Å². The van der Waals surface area contributed by atoms with Crippen molar-refractivity contribution >= 4 is 35.6 Å². The average molecular weight is 469 g/mol. The topological polar surface area (TPSA) is 114 Å². The van der Waals surface area contributed by atoms with Crippen molar-refractivity contribution in [1.29, 1.82) is 0 Å². The van der Waals surface area contributed by atoms with E-state index in [9.17, 15) is 19.2 Å². The van der Waals surface area contributed by atoms with Gasteiger partial charge in [0.15, 0.2) is 23.4 Å². The van der Waals surface area contributed by atoms with Gasteiger partial charge in [0.25, 0.3) is 0 Å². The third-order valence-electron chi connectivity index (χ3n) is 5.77. The molecule has 4 fully saturated rings. The third kappa shape index (κ3) is 5.17. The number of fused-ring (bicyclic) bond motifs is 2. The van der Waals surface area contributed by atoms with Crippen LogP contribution < -0.4 is 0 Å². The van der Waals surface area contributed by atoms with Gasteiger partial charge in [0.1, 0.15) is 0 Å². The van der Waals surface area contributed by atoms with Gasteiger partial charge in [-0.05, 0) is 19.6 Å². The number of carbonyl (C=O) groups is 4. The Morgan fingerprint density at radius 3 is 2.03 bits per heavy atom. The van der Waals surface area contributed by atoms with Gasteiger partial charge in [0, 0.05) is 29.7 Å². The quantitative estimate of drug-likeness (QED) is 0.344. The number of esters is 4. The standard InChI is InChI=1S/C11H14O5.C11H14O4S/c1-7(2)10(13)16-11-3-4-14-6-8(11)15-9(12)5-11;1-7(2)10(13)15-11-3-4-16-6-8(11)14-9(12)5-11/h2*8H,1,3-6H2,2H3. The molecule has 0 bridgehead atoms. The zero-order chi connectivity index (χ0) is 23.5. The van der Waals surface area contributed by atoms with Crippen LogP contribution in [-0.2, 0) is 42.9 Å². The van der Waals surface area contributed by atoms with E-state index in [-0.39, 0.29) is 37.5 Å². The second-order valence-corrected chi connectivity index (χ2v) is 9.58. The summed E-state index contributed by atoms with van der Waals surface area (Å²) in [4.78, 5) is 45.7. The molecule has 0 radical (unpaired) electrons.